The van der Waals surface area contributed by atoms with Crippen LogP contribution in [0.5, 0.6) is 0 Å². The first-order chi connectivity index (χ1) is 11.2. The summed E-state index contributed by atoms with van der Waals surface area (Å²) in [7, 11) is 0. The minimum absolute atomic E-state index is 0.0884. The summed E-state index contributed by atoms with van der Waals surface area (Å²) in [5, 5.41) is 3.62. The quantitative estimate of drug-likeness (QED) is 0.234. The van der Waals surface area contributed by atoms with Gasteiger partial charge in [0.25, 0.3) is 0 Å². The molecule has 0 spiro atoms. The first-order valence-corrected chi connectivity index (χ1v) is 8.47. The summed E-state index contributed by atoms with van der Waals surface area (Å²) >= 11 is 0. The number of hydrogen-bond acceptors (Lipinski definition) is 3. The second-order valence-corrected chi connectivity index (χ2v) is 6.14. The summed E-state index contributed by atoms with van der Waals surface area (Å²) in [5.41, 5.74) is 9.18. The van der Waals surface area contributed by atoms with Crippen molar-refractivity contribution in [1.82, 2.24) is 0 Å². The van der Waals surface area contributed by atoms with Crippen LogP contribution >= 0.6 is 0 Å². The number of hydrogen-bond donors (Lipinski definition) is 0. The van der Waals surface area contributed by atoms with E-state index in [1.54, 1.807) is 0 Å². The van der Waals surface area contributed by atoms with Crippen LogP contribution in [0.3, 0.4) is 0 Å². The lowest BCUT2D eigenvalue weighted by Crippen LogP contribution is -2.41. The number of carbonyl (C=O) groups excluding carboxylic acids is 1. The van der Waals surface area contributed by atoms with E-state index in [1.165, 1.54) is 5.56 Å². The van der Waals surface area contributed by atoms with Crippen LogP contribution in [-0.4, -0.2) is 19.1 Å². The molecule has 5 nitrogen and oxygen atoms in total. The maximum Gasteiger partial charge on any atom is 0.312 e. The van der Waals surface area contributed by atoms with Crippen LogP contribution in [0.25, 0.3) is 10.4 Å². The van der Waals surface area contributed by atoms with Gasteiger partial charge in [-0.1, -0.05) is 48.3 Å². The van der Waals surface area contributed by atoms with Crippen molar-refractivity contribution in [3.05, 3.63) is 46.3 Å². The number of azide groups is 1. The van der Waals surface area contributed by atoms with Crippen molar-refractivity contribution in [1.29, 1.82) is 0 Å². The molecule has 0 radical (unpaired) electrons. The smallest absolute Gasteiger partial charge is 0.312 e. The van der Waals surface area contributed by atoms with Crippen molar-refractivity contribution in [2.45, 2.75) is 51.4 Å². The van der Waals surface area contributed by atoms with Crippen molar-refractivity contribution in [2.24, 2.45) is 10.5 Å². The molecule has 0 N–H and O–H groups in total. The fraction of sp³-hybridized carbons (Fsp3) is 0.611. The fourth-order valence-corrected chi connectivity index (χ4v) is 3.84. The lowest BCUT2D eigenvalue weighted by atomic mass is 9.61. The van der Waals surface area contributed by atoms with E-state index in [-0.39, 0.29) is 11.9 Å². The first kappa shape index (κ1) is 17.4. The number of nitrogens with zero attached hydrogens (tertiary/aromatic N) is 3. The molecule has 0 saturated heterocycles. The predicted octanol–water partition coefficient (Wildman–Crippen LogP) is 4.98. The molecule has 1 aromatic rings. The van der Waals surface area contributed by atoms with Crippen molar-refractivity contribution in [2.75, 3.05) is 13.2 Å². The van der Waals surface area contributed by atoms with Crippen LogP contribution in [0.2, 0.25) is 0 Å². The van der Waals surface area contributed by atoms with E-state index in [2.05, 4.69) is 22.2 Å². The molecule has 1 aromatic carbocycles. The Morgan fingerprint density at radius 3 is 2.87 bits per heavy atom. The molecule has 0 aromatic heterocycles. The Hall–Kier alpha value is -2.00. The van der Waals surface area contributed by atoms with E-state index in [0.717, 1.165) is 25.7 Å². The highest BCUT2D eigenvalue weighted by Crippen LogP contribution is 2.51. The van der Waals surface area contributed by atoms with Crippen LogP contribution in [0.4, 0.5) is 0 Å². The van der Waals surface area contributed by atoms with E-state index >= 15 is 0 Å². The second-order valence-electron chi connectivity index (χ2n) is 6.14. The molecule has 0 aliphatic heterocycles. The molecule has 0 bridgehead atoms. The van der Waals surface area contributed by atoms with Gasteiger partial charge in [-0.2, -0.15) is 0 Å². The molecule has 0 heterocycles. The van der Waals surface area contributed by atoms with E-state index in [0.29, 0.717) is 26.0 Å². The lowest BCUT2D eigenvalue weighted by Gasteiger charge is -2.42. The Morgan fingerprint density at radius 1 is 1.39 bits per heavy atom. The van der Waals surface area contributed by atoms with Crippen molar-refractivity contribution in [3.63, 3.8) is 0 Å². The summed E-state index contributed by atoms with van der Waals surface area (Å²) in [6.07, 6.45) is 5.46. The zero-order valence-corrected chi connectivity index (χ0v) is 13.8. The second kappa shape index (κ2) is 8.59. The van der Waals surface area contributed by atoms with Gasteiger partial charge in [-0.05, 0) is 49.6 Å². The van der Waals surface area contributed by atoms with Gasteiger partial charge in [0, 0.05) is 11.5 Å². The largest absolute Gasteiger partial charge is 0.466 e. The van der Waals surface area contributed by atoms with Crippen molar-refractivity contribution >= 4 is 5.97 Å². The van der Waals surface area contributed by atoms with E-state index < -0.39 is 5.41 Å². The summed E-state index contributed by atoms with van der Waals surface area (Å²) in [4.78, 5) is 15.7. The molecular formula is C18H25N3O2. The third kappa shape index (κ3) is 4.05. The highest BCUT2D eigenvalue weighted by molar-refractivity contribution is 5.78. The maximum atomic E-state index is 12.8. The summed E-state index contributed by atoms with van der Waals surface area (Å²) in [5.74, 6) is 0.0945. The minimum atomic E-state index is -0.486. The summed E-state index contributed by atoms with van der Waals surface area (Å²) in [6.45, 7) is 2.68. The molecule has 0 amide bonds. The van der Waals surface area contributed by atoms with Crippen LogP contribution in [0, 0.1) is 5.41 Å². The number of rotatable bonds is 7. The third-order valence-corrected chi connectivity index (χ3v) is 4.86. The van der Waals surface area contributed by atoms with Gasteiger partial charge in [0.05, 0.1) is 12.0 Å². The van der Waals surface area contributed by atoms with Gasteiger partial charge in [-0.25, -0.2) is 0 Å². The standard InChI is InChI=1S/C18H25N3O2/c1-2-23-17(22)18(13-8-14-20-21-19)12-7-6-11-16(18)15-9-4-3-5-10-15/h3-5,9-10,16H,2,6-8,11-14H2,1H3. The van der Waals surface area contributed by atoms with Gasteiger partial charge in [0.1, 0.15) is 0 Å². The molecule has 1 fully saturated rings. The Labute approximate surface area is 137 Å². The number of esters is 1. The maximum absolute atomic E-state index is 12.8. The van der Waals surface area contributed by atoms with E-state index in [9.17, 15) is 4.79 Å². The number of benzene rings is 1. The average Bonchev–Trinajstić information content (AvgIpc) is 2.60. The first-order valence-electron chi connectivity index (χ1n) is 8.47. The average molecular weight is 315 g/mol. The van der Waals surface area contributed by atoms with E-state index in [4.69, 9.17) is 10.3 Å². The van der Waals surface area contributed by atoms with Crippen LogP contribution in [0.1, 0.15) is 56.9 Å². The van der Waals surface area contributed by atoms with Gasteiger partial charge in [-0.15, -0.1) is 0 Å². The van der Waals surface area contributed by atoms with Crippen molar-refractivity contribution in [3.8, 4) is 0 Å². The van der Waals surface area contributed by atoms with Gasteiger partial charge >= 0.3 is 5.97 Å². The van der Waals surface area contributed by atoms with Crippen LogP contribution in [0.15, 0.2) is 35.4 Å². The van der Waals surface area contributed by atoms with Gasteiger partial charge in [-0.3, -0.25) is 4.79 Å². The molecule has 1 saturated carbocycles. The van der Waals surface area contributed by atoms with Gasteiger partial charge in [0.15, 0.2) is 0 Å². The highest BCUT2D eigenvalue weighted by atomic mass is 16.5. The number of carbonyl (C=O) groups is 1. The topological polar surface area (TPSA) is 75.1 Å². The van der Waals surface area contributed by atoms with E-state index in [1.807, 2.05) is 25.1 Å². The molecule has 5 heteroatoms. The Bertz CT molecular complexity index is 555. The van der Waals surface area contributed by atoms with Crippen LogP contribution in [-0.2, 0) is 9.53 Å². The third-order valence-electron chi connectivity index (χ3n) is 4.86. The number of ether oxygens (including phenoxy) is 1. The monoisotopic (exact) mass is 315 g/mol. The zero-order chi connectivity index (χ0) is 16.5. The zero-order valence-electron chi connectivity index (χ0n) is 13.8. The summed E-state index contributed by atoms with van der Waals surface area (Å²) in [6, 6.07) is 10.3. The Morgan fingerprint density at radius 2 is 2.17 bits per heavy atom. The molecule has 124 valence electrons. The molecule has 23 heavy (non-hydrogen) atoms. The highest BCUT2D eigenvalue weighted by Gasteiger charge is 2.48. The predicted molar refractivity (Wildman–Crippen MR) is 90.0 cm³/mol. The Kier molecular flexibility index (Phi) is 6.48. The Balaban J connectivity index is 2.30. The molecule has 2 unspecified atom stereocenters. The normalized spacial score (nSPS) is 23.8. The van der Waals surface area contributed by atoms with Crippen LogP contribution < -0.4 is 0 Å². The molecule has 1 aliphatic carbocycles. The molecule has 1 aliphatic rings. The molecule has 2 atom stereocenters. The van der Waals surface area contributed by atoms with Crippen molar-refractivity contribution < 1.29 is 9.53 Å². The molecular weight excluding hydrogens is 290 g/mol. The minimum Gasteiger partial charge on any atom is -0.466 e. The fourth-order valence-electron chi connectivity index (χ4n) is 3.84. The molecule has 2 rings (SSSR count). The summed E-state index contributed by atoms with van der Waals surface area (Å²) < 4.78 is 5.45. The SMILES string of the molecule is CCOC(=O)C1(CCCN=[N+]=[N-])CCCCC1c1ccccc1. The van der Waals surface area contributed by atoms with Gasteiger partial charge < -0.3 is 4.74 Å². The van der Waals surface area contributed by atoms with Gasteiger partial charge in [0.2, 0.25) is 0 Å². The lowest BCUT2D eigenvalue weighted by molar-refractivity contribution is -0.159.